The Morgan fingerprint density at radius 2 is 1.47 bits per heavy atom. The highest BCUT2D eigenvalue weighted by molar-refractivity contribution is 6.74. The van der Waals surface area contributed by atoms with Gasteiger partial charge in [0.1, 0.15) is 6.33 Å². The third-order valence-corrected chi connectivity index (χ3v) is 4.40. The van der Waals surface area contributed by atoms with Crippen molar-refractivity contribution in [3.8, 4) is 0 Å². The van der Waals surface area contributed by atoms with E-state index in [0.717, 1.165) is 0 Å². The Morgan fingerprint density at radius 3 is 1.93 bits per heavy atom. The van der Waals surface area contributed by atoms with Gasteiger partial charge in [-0.2, -0.15) is 0 Å². The molecule has 1 aliphatic rings. The summed E-state index contributed by atoms with van der Waals surface area (Å²) in [5.41, 5.74) is 2.12. The molecule has 0 aromatic carbocycles. The Morgan fingerprint density at radius 1 is 1.00 bits per heavy atom. The first-order chi connectivity index (χ1) is 6.92. The Hall–Kier alpha value is -0.855. The molecule has 0 aliphatic carbocycles. The molecule has 0 spiro atoms. The van der Waals surface area contributed by atoms with E-state index in [1.807, 2.05) is 12.4 Å². The number of aromatic nitrogens is 2. The van der Waals surface area contributed by atoms with Crippen LogP contribution in [0.3, 0.4) is 0 Å². The van der Waals surface area contributed by atoms with Crippen LogP contribution in [0.4, 0.5) is 0 Å². The van der Waals surface area contributed by atoms with Gasteiger partial charge >= 0.3 is 0 Å². The van der Waals surface area contributed by atoms with Crippen LogP contribution in [0.5, 0.6) is 0 Å². The third-order valence-electron chi connectivity index (χ3n) is 4.40. The van der Waals surface area contributed by atoms with Crippen molar-refractivity contribution in [2.75, 3.05) is 0 Å². The molecule has 0 radical (unpaired) electrons. The quantitative estimate of drug-likeness (QED) is 0.652. The molecule has 0 amide bonds. The maximum absolute atomic E-state index is 4.11. The Labute approximate surface area is 92.6 Å². The van der Waals surface area contributed by atoms with E-state index in [0.29, 0.717) is 17.5 Å². The summed E-state index contributed by atoms with van der Waals surface area (Å²) < 4.78 is 0. The molecule has 3 heteroatoms. The van der Waals surface area contributed by atoms with Crippen molar-refractivity contribution < 1.29 is 0 Å². The molecule has 0 atom stereocenters. The number of hydrogen-bond acceptors (Lipinski definition) is 2. The van der Waals surface area contributed by atoms with Crippen LogP contribution in [0.25, 0.3) is 0 Å². The summed E-state index contributed by atoms with van der Waals surface area (Å²) in [6, 6.07) is 0. The van der Waals surface area contributed by atoms with Crippen molar-refractivity contribution in [1.29, 1.82) is 0 Å². The standard InChI is InChI=1S/C12H19BN2/c1-11(2)7-13(8-12(11,3)4)10-5-14-9-15-6-10/h5-6,9H,7-8H2,1-4H3. The van der Waals surface area contributed by atoms with Gasteiger partial charge in [0.2, 0.25) is 0 Å². The number of rotatable bonds is 1. The van der Waals surface area contributed by atoms with E-state index in [-0.39, 0.29) is 0 Å². The molecule has 80 valence electrons. The second kappa shape index (κ2) is 3.33. The third kappa shape index (κ3) is 1.80. The lowest BCUT2D eigenvalue weighted by atomic mass is 9.43. The predicted octanol–water partition coefficient (Wildman–Crippen LogP) is 2.24. The number of hydrogen-bond donors (Lipinski definition) is 0. The summed E-state index contributed by atoms with van der Waals surface area (Å²) in [4.78, 5) is 8.23. The molecule has 2 nitrogen and oxygen atoms in total. The van der Waals surface area contributed by atoms with E-state index in [2.05, 4.69) is 37.7 Å². The Bertz CT molecular complexity index is 330. The fraction of sp³-hybridized carbons (Fsp3) is 0.667. The van der Waals surface area contributed by atoms with Crippen molar-refractivity contribution in [1.82, 2.24) is 9.97 Å². The topological polar surface area (TPSA) is 25.8 Å². The Balaban J connectivity index is 2.24. The zero-order valence-electron chi connectivity index (χ0n) is 10.1. The van der Waals surface area contributed by atoms with E-state index >= 15 is 0 Å². The first-order valence-electron chi connectivity index (χ1n) is 5.67. The van der Waals surface area contributed by atoms with Gasteiger partial charge in [-0.3, -0.25) is 0 Å². The van der Waals surface area contributed by atoms with Crippen molar-refractivity contribution >= 4 is 12.2 Å². The normalized spacial score (nSPS) is 23.1. The molecule has 0 N–H and O–H groups in total. The smallest absolute Gasteiger partial charge is 0.181 e. The van der Waals surface area contributed by atoms with Gasteiger partial charge in [0, 0.05) is 12.4 Å². The predicted molar refractivity (Wildman–Crippen MR) is 64.6 cm³/mol. The summed E-state index contributed by atoms with van der Waals surface area (Å²) >= 11 is 0. The summed E-state index contributed by atoms with van der Waals surface area (Å²) in [5, 5.41) is 0. The molecule has 1 fully saturated rings. The molecule has 1 aromatic rings. The van der Waals surface area contributed by atoms with Crippen molar-refractivity contribution in [3.05, 3.63) is 18.7 Å². The maximum Gasteiger partial charge on any atom is 0.181 e. The van der Waals surface area contributed by atoms with Gasteiger partial charge in [0.25, 0.3) is 0 Å². The molecule has 1 aliphatic heterocycles. The lowest BCUT2D eigenvalue weighted by Crippen LogP contribution is -2.28. The second-order valence-corrected chi connectivity index (χ2v) is 6.04. The second-order valence-electron chi connectivity index (χ2n) is 6.04. The SMILES string of the molecule is CC1(C)CB(c2cncnc2)CC1(C)C. The Kier molecular flexibility index (Phi) is 2.36. The average Bonchev–Trinajstić information content (AvgIpc) is 2.38. The van der Waals surface area contributed by atoms with Crippen LogP contribution in [0.1, 0.15) is 27.7 Å². The van der Waals surface area contributed by atoms with Crippen LogP contribution in [0.2, 0.25) is 12.6 Å². The molecule has 1 aromatic heterocycles. The van der Waals surface area contributed by atoms with E-state index < -0.39 is 0 Å². The van der Waals surface area contributed by atoms with Crippen LogP contribution < -0.4 is 5.46 Å². The lowest BCUT2D eigenvalue weighted by molar-refractivity contribution is 0.177. The molecule has 15 heavy (non-hydrogen) atoms. The highest BCUT2D eigenvalue weighted by Crippen LogP contribution is 2.52. The summed E-state index contributed by atoms with van der Waals surface area (Å²) in [6.45, 7) is 10.1. The fourth-order valence-corrected chi connectivity index (χ4v) is 2.61. The van der Waals surface area contributed by atoms with Crippen LogP contribution >= 0.6 is 0 Å². The zero-order chi connectivity index (χ0) is 11.1. The highest BCUT2D eigenvalue weighted by atomic mass is 14.8. The van der Waals surface area contributed by atoms with Gasteiger partial charge in [-0.25, -0.2) is 9.97 Å². The van der Waals surface area contributed by atoms with Crippen LogP contribution in [0, 0.1) is 10.8 Å². The van der Waals surface area contributed by atoms with Gasteiger partial charge in [-0.15, -0.1) is 0 Å². The molecule has 2 heterocycles. The molecular formula is C12H19BN2. The molecule has 0 bridgehead atoms. The van der Waals surface area contributed by atoms with Gasteiger partial charge < -0.3 is 0 Å². The monoisotopic (exact) mass is 202 g/mol. The lowest BCUT2D eigenvalue weighted by Gasteiger charge is -2.35. The minimum atomic E-state index is 0.410. The van der Waals surface area contributed by atoms with Crippen LogP contribution in [-0.4, -0.2) is 16.7 Å². The fourth-order valence-electron chi connectivity index (χ4n) is 2.61. The van der Waals surface area contributed by atoms with E-state index in [4.69, 9.17) is 0 Å². The summed E-state index contributed by atoms with van der Waals surface area (Å²) in [5.74, 6) is 0. The summed E-state index contributed by atoms with van der Waals surface area (Å²) in [7, 11) is 0. The number of nitrogens with zero attached hydrogens (tertiary/aromatic N) is 2. The van der Waals surface area contributed by atoms with Crippen LogP contribution in [0.15, 0.2) is 18.7 Å². The van der Waals surface area contributed by atoms with E-state index in [1.165, 1.54) is 18.1 Å². The first-order valence-corrected chi connectivity index (χ1v) is 5.67. The first kappa shape index (κ1) is 10.7. The minimum absolute atomic E-state index is 0.410. The van der Waals surface area contributed by atoms with Crippen LogP contribution in [-0.2, 0) is 0 Å². The van der Waals surface area contributed by atoms with Crippen molar-refractivity contribution in [3.63, 3.8) is 0 Å². The molecular weight excluding hydrogens is 183 g/mol. The minimum Gasteiger partial charge on any atom is -0.245 e. The van der Waals surface area contributed by atoms with E-state index in [1.54, 1.807) is 6.33 Å². The van der Waals surface area contributed by atoms with Crippen molar-refractivity contribution in [2.45, 2.75) is 40.3 Å². The largest absolute Gasteiger partial charge is 0.245 e. The molecule has 0 unspecified atom stereocenters. The van der Waals surface area contributed by atoms with Gasteiger partial charge in [-0.1, -0.05) is 40.3 Å². The summed E-state index contributed by atoms with van der Waals surface area (Å²) in [6.07, 6.45) is 8.03. The van der Waals surface area contributed by atoms with Gasteiger partial charge in [-0.05, 0) is 16.3 Å². The van der Waals surface area contributed by atoms with Gasteiger partial charge in [0.15, 0.2) is 6.71 Å². The zero-order valence-corrected chi connectivity index (χ0v) is 10.1. The molecule has 2 rings (SSSR count). The maximum atomic E-state index is 4.11. The molecule has 0 saturated carbocycles. The highest BCUT2D eigenvalue weighted by Gasteiger charge is 2.48. The van der Waals surface area contributed by atoms with Crippen molar-refractivity contribution in [2.24, 2.45) is 10.8 Å². The average molecular weight is 202 g/mol. The van der Waals surface area contributed by atoms with Gasteiger partial charge in [0.05, 0.1) is 0 Å². The van der Waals surface area contributed by atoms with E-state index in [9.17, 15) is 0 Å². The molecule has 1 saturated heterocycles.